The lowest BCUT2D eigenvalue weighted by atomic mass is 9.91. The van der Waals surface area contributed by atoms with E-state index in [1.807, 2.05) is 29.5 Å². The molecule has 3 heterocycles. The van der Waals surface area contributed by atoms with Gasteiger partial charge in [0.1, 0.15) is 23.9 Å². The number of carbonyl (C=O) groups is 2. The van der Waals surface area contributed by atoms with Crippen LogP contribution in [0.25, 0.3) is 0 Å². The summed E-state index contributed by atoms with van der Waals surface area (Å²) in [5, 5.41) is 12.5. The van der Waals surface area contributed by atoms with Crippen molar-refractivity contribution in [3.05, 3.63) is 9.66 Å². The minimum atomic E-state index is -0.723. The molecule has 6 nitrogen and oxygen atoms in total. The van der Waals surface area contributed by atoms with Crippen molar-refractivity contribution in [2.24, 2.45) is 5.92 Å². The van der Waals surface area contributed by atoms with Crippen LogP contribution in [-0.4, -0.2) is 47.4 Å². The number of rotatable bonds is 2. The molecule has 104 valence electrons. The number of nitrogens with one attached hydrogen (secondary N) is 1. The zero-order valence-electron chi connectivity index (χ0n) is 10.3. The third kappa shape index (κ3) is 1.86. The molecule has 2 amide bonds. The van der Waals surface area contributed by atoms with Crippen molar-refractivity contribution in [3.8, 4) is 0 Å². The lowest BCUT2D eigenvalue weighted by Crippen LogP contribution is -2.49. The number of aliphatic hydroxyl groups is 1. The number of hydrogen-bond donors (Lipinski definition) is 2. The summed E-state index contributed by atoms with van der Waals surface area (Å²) in [6, 6.07) is 0. The molecule has 7 heteroatoms. The molecule has 0 aliphatic carbocycles. The first-order chi connectivity index (χ1) is 8.98. The minimum Gasteiger partial charge on any atom is -0.387 e. The van der Waals surface area contributed by atoms with E-state index < -0.39 is 41.6 Å². The molecule has 0 saturated carbocycles. The van der Waals surface area contributed by atoms with E-state index in [1.54, 1.807) is 6.08 Å². The highest BCUT2D eigenvalue weighted by Crippen LogP contribution is 2.45. The highest BCUT2D eigenvalue weighted by Gasteiger charge is 2.62. The summed E-state index contributed by atoms with van der Waals surface area (Å²) >= 11 is 1.88. The minimum absolute atomic E-state index is 0.347. The summed E-state index contributed by atoms with van der Waals surface area (Å²) in [5.41, 5.74) is -0.712. The number of carbonyl (C=O) groups excluding carboxylic acids is 2. The van der Waals surface area contributed by atoms with Crippen molar-refractivity contribution >= 4 is 34.4 Å². The summed E-state index contributed by atoms with van der Waals surface area (Å²) in [6.07, 6.45) is 0.437. The molecule has 5 atom stereocenters. The van der Waals surface area contributed by atoms with Crippen LogP contribution < -0.4 is 5.32 Å². The molecular weight excluding hydrogens is 365 g/mol. The van der Waals surface area contributed by atoms with Crippen LogP contribution in [0.5, 0.6) is 0 Å². The van der Waals surface area contributed by atoms with Crippen LogP contribution in [0.3, 0.4) is 0 Å². The topological polar surface area (TPSA) is 84.9 Å². The van der Waals surface area contributed by atoms with Gasteiger partial charge < -0.3 is 14.6 Å². The maximum Gasteiger partial charge on any atom is 0.263 e. The lowest BCUT2D eigenvalue weighted by molar-refractivity contribution is -0.166. The highest BCUT2D eigenvalue weighted by atomic mass is 127. The summed E-state index contributed by atoms with van der Waals surface area (Å²) in [6.45, 7) is 2.27. The summed E-state index contributed by atoms with van der Waals surface area (Å²) < 4.78 is 11.9. The standard InChI is InChI=1S/C12H14INO5/c1-2-12-4-18-8(9(12)15)7(19-12)5-3-6(13)11(17)14-10(5)16/h3,5,7-9,15H,2,4H2,1H3,(H,14,16,17)/t5?,7-,8?,9+,12-/m0/s1. The number of halogens is 1. The summed E-state index contributed by atoms with van der Waals surface area (Å²) in [7, 11) is 0. The Morgan fingerprint density at radius 1 is 1.53 bits per heavy atom. The van der Waals surface area contributed by atoms with Gasteiger partial charge in [0.05, 0.1) is 16.1 Å². The summed E-state index contributed by atoms with van der Waals surface area (Å²) in [4.78, 5) is 23.3. The van der Waals surface area contributed by atoms with Crippen LogP contribution in [0.1, 0.15) is 13.3 Å². The molecule has 3 aliphatic heterocycles. The van der Waals surface area contributed by atoms with Crippen molar-refractivity contribution in [2.45, 2.75) is 37.3 Å². The Labute approximate surface area is 123 Å². The van der Waals surface area contributed by atoms with E-state index in [0.29, 0.717) is 16.6 Å². The Bertz CT molecular complexity index is 479. The van der Waals surface area contributed by atoms with Gasteiger partial charge in [0.25, 0.3) is 5.91 Å². The molecule has 0 radical (unpaired) electrons. The highest BCUT2D eigenvalue weighted by molar-refractivity contribution is 14.1. The van der Waals surface area contributed by atoms with E-state index >= 15 is 0 Å². The van der Waals surface area contributed by atoms with Crippen LogP contribution in [0.4, 0.5) is 0 Å². The van der Waals surface area contributed by atoms with E-state index in [4.69, 9.17) is 9.47 Å². The van der Waals surface area contributed by atoms with Crippen LogP contribution in [0.2, 0.25) is 0 Å². The molecular formula is C12H14INO5. The molecule has 3 aliphatic rings. The number of fused-ring (bicyclic) bond motifs is 2. The fourth-order valence-electron chi connectivity index (χ4n) is 2.91. The molecule has 2 saturated heterocycles. The van der Waals surface area contributed by atoms with Crippen molar-refractivity contribution < 1.29 is 24.2 Å². The zero-order chi connectivity index (χ0) is 13.8. The Hall–Kier alpha value is -0.510. The molecule has 0 aromatic heterocycles. The average Bonchev–Trinajstić information content (AvgIpc) is 2.85. The van der Waals surface area contributed by atoms with Gasteiger partial charge in [-0.1, -0.05) is 13.0 Å². The van der Waals surface area contributed by atoms with E-state index in [0.717, 1.165) is 0 Å². The fraction of sp³-hybridized carbons (Fsp3) is 0.667. The largest absolute Gasteiger partial charge is 0.387 e. The van der Waals surface area contributed by atoms with Gasteiger partial charge in [-0.15, -0.1) is 0 Å². The van der Waals surface area contributed by atoms with Gasteiger partial charge in [0.15, 0.2) is 0 Å². The average molecular weight is 379 g/mol. The zero-order valence-corrected chi connectivity index (χ0v) is 12.4. The van der Waals surface area contributed by atoms with Crippen LogP contribution in [0.15, 0.2) is 9.66 Å². The third-order valence-corrected chi connectivity index (χ3v) is 4.95. The van der Waals surface area contributed by atoms with E-state index in [-0.39, 0.29) is 0 Å². The predicted octanol–water partition coefficient (Wildman–Crippen LogP) is -0.115. The van der Waals surface area contributed by atoms with Gasteiger partial charge in [-0.25, -0.2) is 0 Å². The predicted molar refractivity (Wildman–Crippen MR) is 72.4 cm³/mol. The Kier molecular flexibility index (Phi) is 3.19. The molecule has 2 fully saturated rings. The number of ether oxygens (including phenoxy) is 2. The Balaban J connectivity index is 1.89. The maximum absolute atomic E-state index is 11.9. The quantitative estimate of drug-likeness (QED) is 0.517. The molecule has 3 rings (SSSR count). The van der Waals surface area contributed by atoms with E-state index in [1.165, 1.54) is 0 Å². The smallest absolute Gasteiger partial charge is 0.263 e. The van der Waals surface area contributed by atoms with Crippen molar-refractivity contribution in [1.82, 2.24) is 5.32 Å². The van der Waals surface area contributed by atoms with Crippen LogP contribution in [0, 0.1) is 5.92 Å². The van der Waals surface area contributed by atoms with Gasteiger partial charge >= 0.3 is 0 Å². The first-order valence-corrected chi connectivity index (χ1v) is 7.26. The molecule has 2 N–H and O–H groups in total. The lowest BCUT2D eigenvalue weighted by Gasteiger charge is -2.33. The SMILES string of the molecule is CC[C@@]12COC([C@H](C3C=C(I)C(=O)NC3=O)O1)[C@H]2O. The number of aliphatic hydroxyl groups excluding tert-OH is 1. The van der Waals surface area contributed by atoms with E-state index in [9.17, 15) is 14.7 Å². The first kappa shape index (κ1) is 13.5. The van der Waals surface area contributed by atoms with Gasteiger partial charge in [0, 0.05) is 0 Å². The second-order valence-electron chi connectivity index (χ2n) is 5.08. The monoisotopic (exact) mass is 379 g/mol. The molecule has 0 aromatic rings. The van der Waals surface area contributed by atoms with Crippen molar-refractivity contribution in [1.29, 1.82) is 0 Å². The fourth-order valence-corrected chi connectivity index (χ4v) is 3.43. The normalized spacial score (nSPS) is 45.3. The van der Waals surface area contributed by atoms with Gasteiger partial charge in [0.2, 0.25) is 5.91 Å². The second-order valence-corrected chi connectivity index (χ2v) is 6.24. The second kappa shape index (κ2) is 4.51. The van der Waals surface area contributed by atoms with Crippen molar-refractivity contribution in [2.75, 3.05) is 6.61 Å². The van der Waals surface area contributed by atoms with Crippen LogP contribution in [-0.2, 0) is 19.1 Å². The maximum atomic E-state index is 11.9. The summed E-state index contributed by atoms with van der Waals surface area (Å²) in [5.74, 6) is -1.39. The molecule has 0 spiro atoms. The molecule has 2 unspecified atom stereocenters. The number of imide groups is 1. The molecule has 0 aromatic carbocycles. The Morgan fingerprint density at radius 3 is 2.89 bits per heavy atom. The molecule has 19 heavy (non-hydrogen) atoms. The first-order valence-electron chi connectivity index (χ1n) is 6.18. The molecule has 2 bridgehead atoms. The van der Waals surface area contributed by atoms with Crippen molar-refractivity contribution in [3.63, 3.8) is 0 Å². The van der Waals surface area contributed by atoms with Gasteiger partial charge in [-0.2, -0.15) is 0 Å². The third-order valence-electron chi connectivity index (χ3n) is 4.10. The Morgan fingerprint density at radius 2 is 2.26 bits per heavy atom. The van der Waals surface area contributed by atoms with E-state index in [2.05, 4.69) is 5.32 Å². The van der Waals surface area contributed by atoms with Gasteiger partial charge in [-0.3, -0.25) is 14.9 Å². The van der Waals surface area contributed by atoms with Crippen LogP contribution >= 0.6 is 22.6 Å². The van der Waals surface area contributed by atoms with Gasteiger partial charge in [-0.05, 0) is 29.0 Å². The number of amides is 2. The number of hydrogen-bond acceptors (Lipinski definition) is 5.